The van der Waals surface area contributed by atoms with E-state index in [1.165, 1.54) is 35.0 Å². The Morgan fingerprint density at radius 3 is 2.36 bits per heavy atom. The number of carboxylic acids is 1. The number of nitrogens with one attached hydrogen (secondary N) is 1. The van der Waals surface area contributed by atoms with Crippen molar-refractivity contribution < 1.29 is 15.0 Å². The van der Waals surface area contributed by atoms with Gasteiger partial charge in [0.15, 0.2) is 4.77 Å². The van der Waals surface area contributed by atoms with E-state index in [1.807, 2.05) is 32.0 Å². The van der Waals surface area contributed by atoms with E-state index in [0.717, 1.165) is 11.1 Å². The highest BCUT2D eigenvalue weighted by Crippen LogP contribution is 2.21. The van der Waals surface area contributed by atoms with Gasteiger partial charge in [0, 0.05) is 6.21 Å². The number of hydrogen-bond acceptors (Lipinski definition) is 6. The van der Waals surface area contributed by atoms with Crippen LogP contribution in [0, 0.1) is 18.6 Å². The smallest absolute Gasteiger partial charge is 0.264 e. The van der Waals surface area contributed by atoms with Gasteiger partial charge in [-0.25, -0.2) is 0 Å². The normalized spacial score (nSPS) is 11.1. The lowest BCUT2D eigenvalue weighted by Gasteiger charge is -2.12. The predicted octanol–water partition coefficient (Wildman–Crippen LogP) is 2.33. The highest BCUT2D eigenvalue weighted by molar-refractivity contribution is 7.71. The Balaban J connectivity index is 2.08. The molecule has 7 nitrogen and oxygen atoms in total. The van der Waals surface area contributed by atoms with E-state index in [1.54, 1.807) is 0 Å². The second kappa shape index (κ2) is 7.61. The molecule has 28 heavy (non-hydrogen) atoms. The average molecular weight is 394 g/mol. The molecule has 8 heteroatoms. The van der Waals surface area contributed by atoms with Crippen molar-refractivity contribution in [2.24, 2.45) is 4.99 Å². The molecule has 1 heterocycles. The molecule has 0 aliphatic rings. The molecule has 0 saturated carbocycles. The van der Waals surface area contributed by atoms with Crippen LogP contribution >= 0.6 is 12.2 Å². The van der Waals surface area contributed by atoms with Gasteiger partial charge in [0.1, 0.15) is 5.56 Å². The van der Waals surface area contributed by atoms with Crippen molar-refractivity contribution in [2.45, 2.75) is 13.8 Å². The van der Waals surface area contributed by atoms with Gasteiger partial charge >= 0.3 is 0 Å². The zero-order valence-corrected chi connectivity index (χ0v) is 15.9. The molecule has 0 saturated heterocycles. The van der Waals surface area contributed by atoms with E-state index < -0.39 is 11.5 Å². The monoisotopic (exact) mass is 394 g/mol. The zero-order valence-electron chi connectivity index (χ0n) is 15.1. The zero-order chi connectivity index (χ0) is 20.4. The Bertz CT molecular complexity index is 1190. The third-order valence-electron chi connectivity index (χ3n) is 4.03. The summed E-state index contributed by atoms with van der Waals surface area (Å²) in [6.45, 7) is 3.84. The number of rotatable bonds is 4. The van der Waals surface area contributed by atoms with E-state index in [2.05, 4.69) is 9.98 Å². The van der Waals surface area contributed by atoms with Gasteiger partial charge < -0.3 is 15.0 Å². The number of benzene rings is 2. The summed E-state index contributed by atoms with van der Waals surface area (Å²) in [5.74, 6) is -1.63. The molecule has 3 aromatic rings. The number of aromatic nitrogens is 2. The minimum absolute atomic E-state index is 0.0164. The molecular weight excluding hydrogens is 378 g/mol. The maximum atomic E-state index is 12.3. The number of carboxylic acid groups (broad SMARTS) is 1. The Labute approximate surface area is 165 Å². The van der Waals surface area contributed by atoms with Crippen LogP contribution in [0.2, 0.25) is 0 Å². The second-order valence-corrected chi connectivity index (χ2v) is 6.66. The van der Waals surface area contributed by atoms with E-state index >= 15 is 0 Å². The lowest BCUT2D eigenvalue weighted by Crippen LogP contribution is -2.21. The fraction of sp³-hybridized carbons (Fsp3) is 0.100. The Kier molecular flexibility index (Phi) is 5.23. The number of H-pyrrole nitrogens is 1. The summed E-state index contributed by atoms with van der Waals surface area (Å²) < 4.78 is 1.42. The summed E-state index contributed by atoms with van der Waals surface area (Å²) in [4.78, 5) is 29.7. The van der Waals surface area contributed by atoms with Gasteiger partial charge in [0.2, 0.25) is 5.88 Å². The number of aromatic amines is 1. The highest BCUT2D eigenvalue weighted by atomic mass is 32.1. The molecule has 0 bridgehead atoms. The molecule has 1 aromatic heterocycles. The van der Waals surface area contributed by atoms with E-state index in [4.69, 9.17) is 12.2 Å². The quantitative estimate of drug-likeness (QED) is 0.521. The van der Waals surface area contributed by atoms with Crippen LogP contribution in [0.15, 0.2) is 52.3 Å². The van der Waals surface area contributed by atoms with E-state index in [-0.39, 0.29) is 21.8 Å². The molecule has 142 valence electrons. The number of carbonyl (C=O) groups is 1. The van der Waals surface area contributed by atoms with Crippen LogP contribution in [0.25, 0.3) is 5.69 Å². The summed E-state index contributed by atoms with van der Waals surface area (Å²) in [6.07, 6.45) is 1.20. The van der Waals surface area contributed by atoms with Gasteiger partial charge in [0.05, 0.1) is 17.3 Å². The molecule has 3 rings (SSSR count). The minimum atomic E-state index is -1.29. The van der Waals surface area contributed by atoms with Gasteiger partial charge in [-0.2, -0.15) is 0 Å². The van der Waals surface area contributed by atoms with Crippen molar-refractivity contribution >= 4 is 30.1 Å². The van der Waals surface area contributed by atoms with E-state index in [9.17, 15) is 19.8 Å². The Morgan fingerprint density at radius 1 is 1.18 bits per heavy atom. The number of hydrogen-bond donors (Lipinski definition) is 2. The van der Waals surface area contributed by atoms with Crippen molar-refractivity contribution in [3.8, 4) is 11.6 Å². The molecule has 0 atom stereocenters. The maximum absolute atomic E-state index is 12.3. The molecule has 2 N–H and O–H groups in total. The summed E-state index contributed by atoms with van der Waals surface area (Å²) in [5, 5.41) is 21.5. The number of nitrogens with zero attached hydrogens (tertiary/aromatic N) is 2. The molecule has 0 radical (unpaired) electrons. The van der Waals surface area contributed by atoms with Crippen LogP contribution in [0.5, 0.6) is 5.88 Å². The van der Waals surface area contributed by atoms with Gasteiger partial charge in [-0.15, -0.1) is 0 Å². The molecule has 0 fully saturated rings. The van der Waals surface area contributed by atoms with Crippen molar-refractivity contribution in [3.63, 3.8) is 0 Å². The third kappa shape index (κ3) is 3.91. The first kappa shape index (κ1) is 19.2. The fourth-order valence-corrected chi connectivity index (χ4v) is 3.08. The second-order valence-electron chi connectivity index (χ2n) is 6.27. The van der Waals surface area contributed by atoms with Gasteiger partial charge in [-0.3, -0.25) is 19.3 Å². The summed E-state index contributed by atoms with van der Waals surface area (Å²) >= 11 is 5.21. The lowest BCUT2D eigenvalue weighted by atomic mass is 10.1. The SMILES string of the molecule is Cc1cc(C)cc(-n2c(O)c(C=Nc3ccc(C(=O)[O-])cc3)c(=O)[nH]c2=S)c1. The first-order chi connectivity index (χ1) is 13.3. The van der Waals surface area contributed by atoms with Crippen molar-refractivity contribution in [1.29, 1.82) is 0 Å². The molecule has 0 aliphatic heterocycles. The van der Waals surface area contributed by atoms with Crippen LogP contribution in [-0.2, 0) is 0 Å². The molecule has 0 spiro atoms. The van der Waals surface area contributed by atoms with E-state index in [0.29, 0.717) is 11.4 Å². The summed E-state index contributed by atoms with van der Waals surface area (Å²) in [7, 11) is 0. The minimum Gasteiger partial charge on any atom is -0.545 e. The number of aliphatic imine (C=N–C) groups is 1. The Hall–Kier alpha value is -3.52. The van der Waals surface area contributed by atoms with Crippen molar-refractivity contribution in [1.82, 2.24) is 9.55 Å². The predicted molar refractivity (Wildman–Crippen MR) is 106 cm³/mol. The van der Waals surface area contributed by atoms with Crippen molar-refractivity contribution in [3.05, 3.63) is 79.8 Å². The van der Waals surface area contributed by atoms with Crippen LogP contribution in [0.3, 0.4) is 0 Å². The van der Waals surface area contributed by atoms with Gasteiger partial charge in [-0.05, 0) is 67.0 Å². The first-order valence-corrected chi connectivity index (χ1v) is 8.69. The molecule has 2 aromatic carbocycles. The fourth-order valence-electron chi connectivity index (χ4n) is 2.80. The largest absolute Gasteiger partial charge is 0.545 e. The third-order valence-corrected chi connectivity index (χ3v) is 4.32. The van der Waals surface area contributed by atoms with Crippen molar-refractivity contribution in [2.75, 3.05) is 0 Å². The Morgan fingerprint density at radius 2 is 1.79 bits per heavy atom. The molecule has 0 aliphatic carbocycles. The summed E-state index contributed by atoms with van der Waals surface area (Å²) in [6, 6.07) is 11.3. The van der Waals surface area contributed by atoms with Gasteiger partial charge in [0.25, 0.3) is 5.56 Å². The topological polar surface area (TPSA) is 111 Å². The van der Waals surface area contributed by atoms with Crippen LogP contribution in [0.4, 0.5) is 5.69 Å². The van der Waals surface area contributed by atoms with Crippen LogP contribution in [0.1, 0.15) is 27.0 Å². The number of aromatic carboxylic acids is 1. The highest BCUT2D eigenvalue weighted by Gasteiger charge is 2.13. The average Bonchev–Trinajstić information content (AvgIpc) is 2.60. The maximum Gasteiger partial charge on any atom is 0.264 e. The standard InChI is InChI=1S/C20H17N3O4S/c1-11-7-12(2)9-15(8-11)23-18(25)16(17(24)22-20(23)28)10-21-14-5-3-13(4-6-14)19(26)27/h3-10,25H,1-2H3,(H,26,27)(H,22,24,28)/p-1. The van der Waals surface area contributed by atoms with Gasteiger partial charge in [-0.1, -0.05) is 18.2 Å². The summed E-state index contributed by atoms with van der Waals surface area (Å²) in [5.41, 5.74) is 2.34. The molecule has 0 amide bonds. The number of aromatic hydroxyl groups is 1. The van der Waals surface area contributed by atoms with Crippen LogP contribution < -0.4 is 10.7 Å². The van der Waals surface area contributed by atoms with Crippen LogP contribution in [-0.4, -0.2) is 26.8 Å². The molecular formula is C20H16N3O4S-. The first-order valence-electron chi connectivity index (χ1n) is 8.28. The number of carbonyl (C=O) groups excluding carboxylic acids is 1. The number of aryl methyl sites for hydroxylation is 2. The lowest BCUT2D eigenvalue weighted by molar-refractivity contribution is -0.255. The molecule has 0 unspecified atom stereocenters.